The summed E-state index contributed by atoms with van der Waals surface area (Å²) in [5.41, 5.74) is 0.480. The van der Waals surface area contributed by atoms with E-state index in [0.717, 1.165) is 25.7 Å². The van der Waals surface area contributed by atoms with Crippen LogP contribution in [0.15, 0.2) is 18.2 Å². The molecule has 0 bridgehead atoms. The normalized spacial score (nSPS) is 20.7. The molecule has 1 aliphatic rings. The third kappa shape index (κ3) is 3.58. The summed E-state index contributed by atoms with van der Waals surface area (Å²) in [6.07, 6.45) is 5.17. The molecule has 1 aliphatic carbocycles. The number of hydrogen-bond acceptors (Lipinski definition) is 2. The quantitative estimate of drug-likeness (QED) is 0.585. The molecule has 1 atom stereocenters. The Labute approximate surface area is 123 Å². The first-order valence-electron chi connectivity index (χ1n) is 6.61. The van der Waals surface area contributed by atoms with Gasteiger partial charge in [-0.25, -0.2) is 0 Å². The van der Waals surface area contributed by atoms with Crippen molar-refractivity contribution in [2.75, 3.05) is 0 Å². The number of Topliss-reactive ketones (excluding diaryl/α,β-unsaturated/α-hetero) is 2. The molecule has 0 aliphatic heterocycles. The van der Waals surface area contributed by atoms with Crippen LogP contribution in [0.1, 0.15) is 48.9 Å². The highest BCUT2D eigenvalue weighted by Crippen LogP contribution is 2.27. The third-order valence-electron chi connectivity index (χ3n) is 3.58. The van der Waals surface area contributed by atoms with Crippen LogP contribution in [0.25, 0.3) is 0 Å². The molecule has 0 saturated heterocycles. The Morgan fingerprint density at radius 2 is 1.79 bits per heavy atom. The summed E-state index contributed by atoms with van der Waals surface area (Å²) >= 11 is 11.8. The van der Waals surface area contributed by atoms with Gasteiger partial charge in [0.1, 0.15) is 5.78 Å². The second-order valence-corrected chi connectivity index (χ2v) is 5.78. The van der Waals surface area contributed by atoms with Crippen LogP contribution in [0.5, 0.6) is 0 Å². The number of carbonyl (C=O) groups is 2. The second kappa shape index (κ2) is 6.53. The van der Waals surface area contributed by atoms with Gasteiger partial charge in [-0.1, -0.05) is 42.5 Å². The highest BCUT2D eigenvalue weighted by atomic mass is 35.5. The number of halogens is 2. The summed E-state index contributed by atoms with van der Waals surface area (Å²) in [5.74, 6) is -0.557. The fraction of sp³-hybridized carbons (Fsp3) is 0.467. The maximum absolute atomic E-state index is 12.4. The Balaban J connectivity index is 2.20. The van der Waals surface area contributed by atoms with E-state index in [4.69, 9.17) is 23.2 Å². The molecule has 0 heterocycles. The van der Waals surface area contributed by atoms with Crippen molar-refractivity contribution in [2.45, 2.75) is 38.5 Å². The summed E-state index contributed by atoms with van der Waals surface area (Å²) in [4.78, 5) is 24.5. The molecule has 2 rings (SSSR count). The lowest BCUT2D eigenvalue weighted by molar-refractivity contribution is -0.122. The van der Waals surface area contributed by atoms with Gasteiger partial charge in [0.25, 0.3) is 0 Å². The summed E-state index contributed by atoms with van der Waals surface area (Å²) in [5, 5.41) is 0.771. The smallest absolute Gasteiger partial charge is 0.173 e. The van der Waals surface area contributed by atoms with E-state index in [2.05, 4.69) is 0 Å². The van der Waals surface area contributed by atoms with Crippen molar-refractivity contribution in [3.63, 3.8) is 0 Å². The van der Waals surface area contributed by atoms with Crippen molar-refractivity contribution in [1.29, 1.82) is 0 Å². The first-order chi connectivity index (χ1) is 9.09. The number of ketones is 2. The molecule has 4 heteroatoms. The first kappa shape index (κ1) is 14.5. The molecule has 0 N–H and O–H groups in total. The lowest BCUT2D eigenvalue weighted by Crippen LogP contribution is -2.25. The zero-order chi connectivity index (χ0) is 13.8. The maximum atomic E-state index is 12.4. The SMILES string of the molecule is O=C1CCCCCCC1C(=O)c1ccc(Cl)c(Cl)c1. The van der Waals surface area contributed by atoms with E-state index in [1.54, 1.807) is 18.2 Å². The Morgan fingerprint density at radius 3 is 2.53 bits per heavy atom. The third-order valence-corrected chi connectivity index (χ3v) is 4.31. The van der Waals surface area contributed by atoms with E-state index >= 15 is 0 Å². The van der Waals surface area contributed by atoms with Crippen molar-refractivity contribution >= 4 is 34.8 Å². The van der Waals surface area contributed by atoms with E-state index in [1.165, 1.54) is 0 Å². The van der Waals surface area contributed by atoms with Crippen molar-refractivity contribution < 1.29 is 9.59 Å². The molecule has 1 fully saturated rings. The van der Waals surface area contributed by atoms with Crippen LogP contribution in [0.4, 0.5) is 0 Å². The monoisotopic (exact) mass is 298 g/mol. The summed E-state index contributed by atoms with van der Waals surface area (Å²) in [6, 6.07) is 4.80. The van der Waals surface area contributed by atoms with Gasteiger partial charge in [0.15, 0.2) is 5.78 Å². The minimum absolute atomic E-state index is 0.0655. The average Bonchev–Trinajstić information content (AvgIpc) is 2.37. The Hall–Kier alpha value is -0.860. The molecule has 1 unspecified atom stereocenters. The van der Waals surface area contributed by atoms with Gasteiger partial charge in [0.2, 0.25) is 0 Å². The van der Waals surface area contributed by atoms with Gasteiger partial charge in [0, 0.05) is 12.0 Å². The molecule has 1 aromatic carbocycles. The van der Waals surface area contributed by atoms with Crippen LogP contribution in [0.2, 0.25) is 10.0 Å². The number of carbonyl (C=O) groups excluding carboxylic acids is 2. The van der Waals surface area contributed by atoms with Gasteiger partial charge >= 0.3 is 0 Å². The molecule has 0 aromatic heterocycles. The van der Waals surface area contributed by atoms with E-state index in [9.17, 15) is 9.59 Å². The van der Waals surface area contributed by atoms with Crippen molar-refractivity contribution in [3.8, 4) is 0 Å². The molecule has 0 radical (unpaired) electrons. The molecule has 102 valence electrons. The van der Waals surface area contributed by atoms with Gasteiger partial charge < -0.3 is 0 Å². The van der Waals surface area contributed by atoms with E-state index in [-0.39, 0.29) is 11.6 Å². The predicted octanol–water partition coefficient (Wildman–Crippen LogP) is 4.72. The van der Waals surface area contributed by atoms with Crippen LogP contribution in [-0.4, -0.2) is 11.6 Å². The maximum Gasteiger partial charge on any atom is 0.173 e. The fourth-order valence-electron chi connectivity index (χ4n) is 2.46. The average molecular weight is 299 g/mol. The minimum Gasteiger partial charge on any atom is -0.299 e. The van der Waals surface area contributed by atoms with Crippen molar-refractivity contribution in [3.05, 3.63) is 33.8 Å². The summed E-state index contributed by atoms with van der Waals surface area (Å²) in [6.45, 7) is 0. The van der Waals surface area contributed by atoms with Crippen LogP contribution in [0.3, 0.4) is 0 Å². The Morgan fingerprint density at radius 1 is 1.05 bits per heavy atom. The predicted molar refractivity (Wildman–Crippen MR) is 77.0 cm³/mol. The topological polar surface area (TPSA) is 34.1 Å². The van der Waals surface area contributed by atoms with Crippen LogP contribution in [0, 0.1) is 5.92 Å². The van der Waals surface area contributed by atoms with E-state index in [1.807, 2.05) is 0 Å². The van der Waals surface area contributed by atoms with Gasteiger partial charge in [0.05, 0.1) is 16.0 Å². The standard InChI is InChI=1S/C15H16Cl2O2/c16-12-8-7-10(9-13(12)17)15(19)11-5-3-1-2-4-6-14(11)18/h7-9,11H,1-6H2. The van der Waals surface area contributed by atoms with Crippen LogP contribution in [-0.2, 0) is 4.79 Å². The zero-order valence-corrected chi connectivity index (χ0v) is 12.1. The molecule has 0 amide bonds. The highest BCUT2D eigenvalue weighted by Gasteiger charge is 2.27. The molecular weight excluding hydrogens is 283 g/mol. The molecular formula is C15H16Cl2O2. The molecule has 2 nitrogen and oxygen atoms in total. The van der Waals surface area contributed by atoms with Gasteiger partial charge in [-0.3, -0.25) is 9.59 Å². The van der Waals surface area contributed by atoms with Gasteiger partial charge in [-0.2, -0.15) is 0 Å². The second-order valence-electron chi connectivity index (χ2n) is 4.96. The number of benzene rings is 1. The zero-order valence-electron chi connectivity index (χ0n) is 10.6. The Kier molecular flexibility index (Phi) is 5.00. The molecule has 19 heavy (non-hydrogen) atoms. The largest absolute Gasteiger partial charge is 0.299 e. The minimum atomic E-state index is -0.502. The lowest BCUT2D eigenvalue weighted by atomic mass is 9.85. The molecule has 1 saturated carbocycles. The van der Waals surface area contributed by atoms with Crippen LogP contribution < -0.4 is 0 Å². The summed E-state index contributed by atoms with van der Waals surface area (Å²) < 4.78 is 0. The molecule has 0 spiro atoms. The van der Waals surface area contributed by atoms with Gasteiger partial charge in [-0.05, 0) is 31.0 Å². The van der Waals surface area contributed by atoms with Crippen molar-refractivity contribution in [1.82, 2.24) is 0 Å². The van der Waals surface area contributed by atoms with Crippen LogP contribution >= 0.6 is 23.2 Å². The molecule has 1 aromatic rings. The number of rotatable bonds is 2. The fourth-order valence-corrected chi connectivity index (χ4v) is 2.76. The first-order valence-corrected chi connectivity index (χ1v) is 7.37. The van der Waals surface area contributed by atoms with E-state index in [0.29, 0.717) is 28.5 Å². The van der Waals surface area contributed by atoms with Crippen molar-refractivity contribution in [2.24, 2.45) is 5.92 Å². The number of hydrogen-bond donors (Lipinski definition) is 0. The Bertz CT molecular complexity index is 497. The lowest BCUT2D eigenvalue weighted by Gasteiger charge is -2.17. The van der Waals surface area contributed by atoms with E-state index < -0.39 is 5.92 Å². The summed E-state index contributed by atoms with van der Waals surface area (Å²) in [7, 11) is 0. The van der Waals surface area contributed by atoms with Gasteiger partial charge in [-0.15, -0.1) is 0 Å². The highest BCUT2D eigenvalue weighted by molar-refractivity contribution is 6.42.